The summed E-state index contributed by atoms with van der Waals surface area (Å²) in [4.78, 5) is 3.98. The van der Waals surface area contributed by atoms with E-state index in [1.807, 2.05) is 17.7 Å². The lowest BCUT2D eigenvalue weighted by Crippen LogP contribution is -2.21. The molecular formula is C15H19F2N3. The molecule has 1 atom stereocenters. The normalized spacial score (nSPS) is 12.6. The minimum Gasteiger partial charge on any atom is -0.337 e. The number of unbranched alkanes of at least 4 members (excludes halogenated alkanes) is 1. The number of halogens is 2. The largest absolute Gasteiger partial charge is 0.337 e. The van der Waals surface area contributed by atoms with Gasteiger partial charge in [-0.1, -0.05) is 12.1 Å². The van der Waals surface area contributed by atoms with Crippen LogP contribution in [0.4, 0.5) is 8.78 Å². The van der Waals surface area contributed by atoms with Crippen molar-refractivity contribution < 1.29 is 8.78 Å². The minimum absolute atomic E-state index is 0.195. The zero-order chi connectivity index (χ0) is 14.4. The van der Waals surface area contributed by atoms with E-state index in [0.717, 1.165) is 32.0 Å². The maximum absolute atomic E-state index is 13.6. The van der Waals surface area contributed by atoms with Crippen molar-refractivity contribution in [3.05, 3.63) is 54.1 Å². The van der Waals surface area contributed by atoms with Crippen LogP contribution in [0.2, 0.25) is 0 Å². The molecule has 2 aromatic rings. The summed E-state index contributed by atoms with van der Waals surface area (Å²) >= 11 is 0. The highest BCUT2D eigenvalue weighted by atomic mass is 19.2. The molecule has 0 aliphatic heterocycles. The summed E-state index contributed by atoms with van der Waals surface area (Å²) in [5.74, 6) is -1.55. The first-order valence-electron chi connectivity index (χ1n) is 6.81. The molecule has 1 aromatic heterocycles. The van der Waals surface area contributed by atoms with Gasteiger partial charge in [-0.15, -0.1) is 0 Å². The Hall–Kier alpha value is -1.75. The molecule has 108 valence electrons. The van der Waals surface area contributed by atoms with Crippen LogP contribution in [0.5, 0.6) is 0 Å². The summed E-state index contributed by atoms with van der Waals surface area (Å²) in [7, 11) is 0. The van der Waals surface area contributed by atoms with Crippen molar-refractivity contribution in [1.82, 2.24) is 14.9 Å². The van der Waals surface area contributed by atoms with E-state index in [4.69, 9.17) is 0 Å². The summed E-state index contributed by atoms with van der Waals surface area (Å²) in [6.07, 6.45) is 7.46. The molecule has 0 saturated heterocycles. The van der Waals surface area contributed by atoms with E-state index >= 15 is 0 Å². The third-order valence-electron chi connectivity index (χ3n) is 3.30. The van der Waals surface area contributed by atoms with Gasteiger partial charge in [-0.05, 0) is 32.4 Å². The molecule has 1 unspecified atom stereocenters. The SMILES string of the molecule is CC(NCCCCn1ccnc1)c1cccc(F)c1F. The number of nitrogens with zero attached hydrogens (tertiary/aromatic N) is 2. The first kappa shape index (κ1) is 14.7. The molecule has 3 nitrogen and oxygen atoms in total. The van der Waals surface area contributed by atoms with Crippen LogP contribution in [0.25, 0.3) is 0 Å². The van der Waals surface area contributed by atoms with Gasteiger partial charge in [0.15, 0.2) is 11.6 Å². The quantitative estimate of drug-likeness (QED) is 0.788. The van der Waals surface area contributed by atoms with E-state index in [9.17, 15) is 8.78 Å². The molecular weight excluding hydrogens is 260 g/mol. The second kappa shape index (κ2) is 7.14. The van der Waals surface area contributed by atoms with E-state index in [-0.39, 0.29) is 6.04 Å². The summed E-state index contributed by atoms with van der Waals surface area (Å²) in [6.45, 7) is 3.53. The number of aryl methyl sites for hydroxylation is 1. The second-order valence-corrected chi connectivity index (χ2v) is 4.83. The number of hydrogen-bond acceptors (Lipinski definition) is 2. The lowest BCUT2D eigenvalue weighted by atomic mass is 10.1. The molecule has 0 aliphatic rings. The van der Waals surface area contributed by atoms with E-state index in [2.05, 4.69) is 10.3 Å². The highest BCUT2D eigenvalue weighted by Crippen LogP contribution is 2.18. The van der Waals surface area contributed by atoms with E-state index < -0.39 is 11.6 Å². The molecule has 1 aromatic carbocycles. The first-order valence-corrected chi connectivity index (χ1v) is 6.81. The van der Waals surface area contributed by atoms with Crippen molar-refractivity contribution in [2.45, 2.75) is 32.4 Å². The number of hydrogen-bond donors (Lipinski definition) is 1. The Kier molecular flexibility index (Phi) is 5.24. The van der Waals surface area contributed by atoms with Crippen LogP contribution in [-0.2, 0) is 6.54 Å². The fourth-order valence-electron chi connectivity index (χ4n) is 2.12. The topological polar surface area (TPSA) is 29.9 Å². The third kappa shape index (κ3) is 3.87. The fraction of sp³-hybridized carbons (Fsp3) is 0.400. The van der Waals surface area contributed by atoms with Gasteiger partial charge in [-0.3, -0.25) is 0 Å². The van der Waals surface area contributed by atoms with Gasteiger partial charge in [0.05, 0.1) is 6.33 Å². The summed E-state index contributed by atoms with van der Waals surface area (Å²) in [6, 6.07) is 4.09. The molecule has 0 radical (unpaired) electrons. The number of benzene rings is 1. The van der Waals surface area contributed by atoms with E-state index in [0.29, 0.717) is 5.56 Å². The van der Waals surface area contributed by atoms with Gasteiger partial charge in [0.2, 0.25) is 0 Å². The Morgan fingerprint density at radius 3 is 2.90 bits per heavy atom. The average molecular weight is 279 g/mol. The highest BCUT2D eigenvalue weighted by Gasteiger charge is 2.13. The Labute approximate surface area is 117 Å². The Bertz CT molecular complexity index is 526. The number of aromatic nitrogens is 2. The molecule has 0 bridgehead atoms. The van der Waals surface area contributed by atoms with Crippen LogP contribution in [0.15, 0.2) is 36.9 Å². The maximum atomic E-state index is 13.6. The molecule has 2 rings (SSSR count). The average Bonchev–Trinajstić information content (AvgIpc) is 2.94. The first-order chi connectivity index (χ1) is 9.68. The van der Waals surface area contributed by atoms with Crippen molar-refractivity contribution >= 4 is 0 Å². The molecule has 0 aliphatic carbocycles. The van der Waals surface area contributed by atoms with Gasteiger partial charge in [0.25, 0.3) is 0 Å². The Morgan fingerprint density at radius 2 is 2.15 bits per heavy atom. The molecule has 0 fully saturated rings. The predicted octanol–water partition coefficient (Wildman–Crippen LogP) is 3.29. The summed E-state index contributed by atoms with van der Waals surface area (Å²) < 4.78 is 28.7. The lowest BCUT2D eigenvalue weighted by Gasteiger charge is -2.15. The van der Waals surface area contributed by atoms with Crippen molar-refractivity contribution in [3.8, 4) is 0 Å². The van der Waals surface area contributed by atoms with Crippen molar-refractivity contribution in [2.24, 2.45) is 0 Å². The van der Waals surface area contributed by atoms with Crippen LogP contribution >= 0.6 is 0 Å². The van der Waals surface area contributed by atoms with Crippen LogP contribution in [0.1, 0.15) is 31.4 Å². The van der Waals surface area contributed by atoms with E-state index in [1.165, 1.54) is 6.07 Å². The molecule has 0 amide bonds. The van der Waals surface area contributed by atoms with Crippen molar-refractivity contribution in [2.75, 3.05) is 6.54 Å². The smallest absolute Gasteiger partial charge is 0.163 e. The monoisotopic (exact) mass is 279 g/mol. The predicted molar refractivity (Wildman–Crippen MR) is 74.2 cm³/mol. The summed E-state index contributed by atoms with van der Waals surface area (Å²) in [5.41, 5.74) is 0.375. The second-order valence-electron chi connectivity index (χ2n) is 4.83. The van der Waals surface area contributed by atoms with Gasteiger partial charge < -0.3 is 9.88 Å². The highest BCUT2D eigenvalue weighted by molar-refractivity contribution is 5.21. The maximum Gasteiger partial charge on any atom is 0.163 e. The molecule has 20 heavy (non-hydrogen) atoms. The molecule has 0 saturated carbocycles. The van der Waals surface area contributed by atoms with Crippen LogP contribution < -0.4 is 5.32 Å². The summed E-state index contributed by atoms with van der Waals surface area (Å²) in [5, 5.41) is 3.22. The molecule has 0 spiro atoms. The Balaban J connectivity index is 1.72. The number of rotatable bonds is 7. The zero-order valence-corrected chi connectivity index (χ0v) is 11.5. The minimum atomic E-state index is -0.795. The standard InChI is InChI=1S/C15H19F2N3/c1-12(13-5-4-6-14(16)15(13)17)19-7-2-3-9-20-10-8-18-11-20/h4-6,8,10-12,19H,2-3,7,9H2,1H3. The van der Waals surface area contributed by atoms with Gasteiger partial charge in [0.1, 0.15) is 0 Å². The van der Waals surface area contributed by atoms with Crippen LogP contribution in [0, 0.1) is 11.6 Å². The third-order valence-corrected chi connectivity index (χ3v) is 3.30. The molecule has 5 heteroatoms. The van der Waals surface area contributed by atoms with Crippen molar-refractivity contribution in [3.63, 3.8) is 0 Å². The molecule has 1 N–H and O–H groups in total. The van der Waals surface area contributed by atoms with E-state index in [1.54, 1.807) is 18.6 Å². The van der Waals surface area contributed by atoms with Crippen LogP contribution in [0.3, 0.4) is 0 Å². The fourth-order valence-corrected chi connectivity index (χ4v) is 2.12. The van der Waals surface area contributed by atoms with Gasteiger partial charge in [-0.25, -0.2) is 13.8 Å². The zero-order valence-electron chi connectivity index (χ0n) is 11.5. The van der Waals surface area contributed by atoms with Gasteiger partial charge in [-0.2, -0.15) is 0 Å². The number of imidazole rings is 1. The Morgan fingerprint density at radius 1 is 1.30 bits per heavy atom. The van der Waals surface area contributed by atoms with Crippen LogP contribution in [-0.4, -0.2) is 16.1 Å². The lowest BCUT2D eigenvalue weighted by molar-refractivity contribution is 0.466. The van der Waals surface area contributed by atoms with Gasteiger partial charge in [0, 0.05) is 30.5 Å². The number of nitrogens with one attached hydrogen (secondary N) is 1. The van der Waals surface area contributed by atoms with Gasteiger partial charge >= 0.3 is 0 Å². The molecule has 1 heterocycles. The van der Waals surface area contributed by atoms with Crippen molar-refractivity contribution in [1.29, 1.82) is 0 Å².